The Hall–Kier alpha value is -0.970. The van der Waals surface area contributed by atoms with Crippen LogP contribution in [0.1, 0.15) is 32.5 Å². The van der Waals surface area contributed by atoms with Gasteiger partial charge in [0.25, 0.3) is 0 Å². The third kappa shape index (κ3) is 0.859. The molecule has 12 heavy (non-hydrogen) atoms. The molecule has 1 aliphatic carbocycles. The number of nitrogens with zero attached hydrogens (tertiary/aromatic N) is 3. The molecule has 5 heteroatoms. The van der Waals surface area contributed by atoms with Crippen molar-refractivity contribution in [3.63, 3.8) is 0 Å². The van der Waals surface area contributed by atoms with Crippen LogP contribution in [-0.2, 0) is 5.54 Å². The van der Waals surface area contributed by atoms with Crippen LogP contribution in [0.4, 0.5) is 0 Å². The van der Waals surface area contributed by atoms with E-state index < -0.39 is 5.54 Å². The fourth-order valence-electron chi connectivity index (χ4n) is 1.36. The standard InChI is InChI=1S/C7H13N5/c1-6(3-4-6)7(2,8)5-9-11-12-10-5/h3-4,8H2,1-2H3,(H,9,10,11,12). The summed E-state index contributed by atoms with van der Waals surface area (Å²) in [4.78, 5) is 0. The second-order valence-corrected chi connectivity index (χ2v) is 4.00. The molecule has 0 amide bonds. The Balaban J connectivity index is 2.33. The molecular formula is C7H13N5. The summed E-state index contributed by atoms with van der Waals surface area (Å²) in [7, 11) is 0. The van der Waals surface area contributed by atoms with E-state index in [9.17, 15) is 0 Å². The number of hydrogen-bond donors (Lipinski definition) is 2. The molecule has 1 unspecified atom stereocenters. The highest BCUT2D eigenvalue weighted by Crippen LogP contribution is 2.55. The molecule has 0 aliphatic heterocycles. The molecular weight excluding hydrogens is 154 g/mol. The van der Waals surface area contributed by atoms with Crippen LogP contribution in [0.5, 0.6) is 0 Å². The van der Waals surface area contributed by atoms with Crippen molar-refractivity contribution < 1.29 is 0 Å². The van der Waals surface area contributed by atoms with Gasteiger partial charge in [0.1, 0.15) is 0 Å². The zero-order valence-corrected chi connectivity index (χ0v) is 7.33. The van der Waals surface area contributed by atoms with Gasteiger partial charge in [-0.2, -0.15) is 5.21 Å². The summed E-state index contributed by atoms with van der Waals surface area (Å²) in [6.07, 6.45) is 2.29. The van der Waals surface area contributed by atoms with Gasteiger partial charge in [-0.05, 0) is 25.2 Å². The number of aromatic nitrogens is 4. The van der Waals surface area contributed by atoms with Crippen LogP contribution in [0.25, 0.3) is 0 Å². The molecule has 1 heterocycles. The first-order valence-corrected chi connectivity index (χ1v) is 4.09. The molecule has 1 aromatic heterocycles. The van der Waals surface area contributed by atoms with Gasteiger partial charge < -0.3 is 5.73 Å². The molecule has 5 nitrogen and oxygen atoms in total. The Morgan fingerprint density at radius 3 is 2.67 bits per heavy atom. The molecule has 0 saturated heterocycles. The Labute approximate surface area is 70.7 Å². The fraction of sp³-hybridized carbons (Fsp3) is 0.857. The number of nitrogens with one attached hydrogen (secondary N) is 1. The SMILES string of the molecule is CC1(C(C)(N)c2nn[nH]n2)CC1. The van der Waals surface area contributed by atoms with Crippen LogP contribution in [0.3, 0.4) is 0 Å². The number of tetrazole rings is 1. The lowest BCUT2D eigenvalue weighted by atomic mass is 9.84. The van der Waals surface area contributed by atoms with Crippen molar-refractivity contribution in [2.75, 3.05) is 0 Å². The smallest absolute Gasteiger partial charge is 0.194 e. The van der Waals surface area contributed by atoms with Gasteiger partial charge in [-0.15, -0.1) is 10.2 Å². The van der Waals surface area contributed by atoms with Crippen molar-refractivity contribution in [3.8, 4) is 0 Å². The fourth-order valence-corrected chi connectivity index (χ4v) is 1.36. The topological polar surface area (TPSA) is 80.5 Å². The summed E-state index contributed by atoms with van der Waals surface area (Å²) < 4.78 is 0. The van der Waals surface area contributed by atoms with E-state index in [-0.39, 0.29) is 5.41 Å². The molecule has 0 aromatic carbocycles. The summed E-state index contributed by atoms with van der Waals surface area (Å²) in [5.74, 6) is 0.613. The number of aromatic amines is 1. The quantitative estimate of drug-likeness (QED) is 0.658. The van der Waals surface area contributed by atoms with E-state index in [1.54, 1.807) is 0 Å². The molecule has 0 spiro atoms. The van der Waals surface area contributed by atoms with E-state index in [1.165, 1.54) is 0 Å². The molecule has 1 saturated carbocycles. The van der Waals surface area contributed by atoms with Crippen LogP contribution in [0, 0.1) is 5.41 Å². The van der Waals surface area contributed by atoms with Crippen molar-refractivity contribution >= 4 is 0 Å². The van der Waals surface area contributed by atoms with Crippen molar-refractivity contribution in [2.45, 2.75) is 32.2 Å². The van der Waals surface area contributed by atoms with Crippen LogP contribution >= 0.6 is 0 Å². The molecule has 1 aromatic rings. The Morgan fingerprint density at radius 2 is 2.25 bits per heavy atom. The van der Waals surface area contributed by atoms with Gasteiger partial charge in [0.15, 0.2) is 5.82 Å². The van der Waals surface area contributed by atoms with Gasteiger partial charge in [-0.3, -0.25) is 0 Å². The number of H-pyrrole nitrogens is 1. The normalized spacial score (nSPS) is 24.9. The van der Waals surface area contributed by atoms with Crippen molar-refractivity contribution in [1.29, 1.82) is 0 Å². The molecule has 3 N–H and O–H groups in total. The lowest BCUT2D eigenvalue weighted by Gasteiger charge is -2.27. The van der Waals surface area contributed by atoms with Gasteiger partial charge >= 0.3 is 0 Å². The van der Waals surface area contributed by atoms with E-state index in [4.69, 9.17) is 5.73 Å². The monoisotopic (exact) mass is 167 g/mol. The summed E-state index contributed by atoms with van der Waals surface area (Å²) in [5.41, 5.74) is 5.86. The second kappa shape index (κ2) is 2.04. The summed E-state index contributed by atoms with van der Waals surface area (Å²) in [6, 6.07) is 0. The van der Waals surface area contributed by atoms with E-state index in [0.717, 1.165) is 12.8 Å². The third-order valence-electron chi connectivity index (χ3n) is 3.06. The highest BCUT2D eigenvalue weighted by molar-refractivity contribution is 5.13. The zero-order valence-electron chi connectivity index (χ0n) is 7.33. The molecule has 66 valence electrons. The summed E-state index contributed by atoms with van der Waals surface area (Å²) in [6.45, 7) is 4.12. The number of nitrogens with two attached hydrogens (primary N) is 1. The number of rotatable bonds is 2. The van der Waals surface area contributed by atoms with Crippen molar-refractivity contribution in [1.82, 2.24) is 20.6 Å². The van der Waals surface area contributed by atoms with Gasteiger partial charge in [0.05, 0.1) is 5.54 Å². The first-order chi connectivity index (χ1) is 5.56. The molecule has 1 fully saturated rings. The molecule has 2 rings (SSSR count). The average Bonchev–Trinajstić information content (AvgIpc) is 2.59. The van der Waals surface area contributed by atoms with Crippen molar-refractivity contribution in [3.05, 3.63) is 5.82 Å². The Morgan fingerprint density at radius 1 is 1.58 bits per heavy atom. The van der Waals surface area contributed by atoms with Crippen LogP contribution in [-0.4, -0.2) is 20.6 Å². The van der Waals surface area contributed by atoms with E-state index in [2.05, 4.69) is 27.5 Å². The molecule has 1 aliphatic rings. The zero-order chi connectivity index (χ0) is 8.82. The Kier molecular flexibility index (Phi) is 1.30. The maximum atomic E-state index is 6.14. The molecule has 1 atom stereocenters. The Bertz CT molecular complexity index is 272. The second-order valence-electron chi connectivity index (χ2n) is 4.00. The van der Waals surface area contributed by atoms with Crippen LogP contribution < -0.4 is 5.73 Å². The maximum Gasteiger partial charge on any atom is 0.194 e. The van der Waals surface area contributed by atoms with Gasteiger partial charge in [-0.25, -0.2) is 0 Å². The highest BCUT2D eigenvalue weighted by atomic mass is 15.5. The third-order valence-corrected chi connectivity index (χ3v) is 3.06. The first kappa shape index (κ1) is 7.67. The average molecular weight is 167 g/mol. The van der Waals surface area contributed by atoms with E-state index >= 15 is 0 Å². The van der Waals surface area contributed by atoms with Gasteiger partial charge in [0.2, 0.25) is 0 Å². The van der Waals surface area contributed by atoms with Gasteiger partial charge in [-0.1, -0.05) is 12.1 Å². The minimum Gasteiger partial charge on any atom is -0.318 e. The predicted octanol–water partition coefficient (Wildman–Crippen LogP) is 0.174. The van der Waals surface area contributed by atoms with Gasteiger partial charge in [0, 0.05) is 0 Å². The molecule has 0 radical (unpaired) electrons. The number of hydrogen-bond acceptors (Lipinski definition) is 4. The minimum absolute atomic E-state index is 0.164. The largest absolute Gasteiger partial charge is 0.318 e. The molecule has 0 bridgehead atoms. The summed E-state index contributed by atoms with van der Waals surface area (Å²) in [5, 5.41) is 13.8. The first-order valence-electron chi connectivity index (χ1n) is 4.09. The van der Waals surface area contributed by atoms with Crippen LogP contribution in [0.15, 0.2) is 0 Å². The summed E-state index contributed by atoms with van der Waals surface area (Å²) >= 11 is 0. The maximum absolute atomic E-state index is 6.14. The lowest BCUT2D eigenvalue weighted by Crippen LogP contribution is -2.42. The van der Waals surface area contributed by atoms with Crippen LogP contribution in [0.2, 0.25) is 0 Å². The van der Waals surface area contributed by atoms with Crippen molar-refractivity contribution in [2.24, 2.45) is 11.1 Å². The lowest BCUT2D eigenvalue weighted by molar-refractivity contribution is 0.284. The minimum atomic E-state index is -0.444. The highest BCUT2D eigenvalue weighted by Gasteiger charge is 2.53. The van der Waals surface area contributed by atoms with E-state index in [0.29, 0.717) is 5.82 Å². The van der Waals surface area contributed by atoms with E-state index in [1.807, 2.05) is 6.92 Å². The predicted molar refractivity (Wildman–Crippen MR) is 43.1 cm³/mol.